The molecule has 0 amide bonds. The molecule has 118 valence electrons. The third kappa shape index (κ3) is 4.69. The van der Waals surface area contributed by atoms with Crippen LogP contribution in [0, 0.1) is 5.41 Å². The Balaban J connectivity index is 1.88. The molecule has 0 aromatic rings. The Hall–Kier alpha value is -0.160. The first kappa shape index (κ1) is 16.2. The first-order chi connectivity index (χ1) is 9.41. The molecule has 2 aliphatic heterocycles. The van der Waals surface area contributed by atoms with Gasteiger partial charge in [-0.25, -0.2) is 0 Å². The van der Waals surface area contributed by atoms with E-state index < -0.39 is 0 Å². The highest BCUT2D eigenvalue weighted by atomic mass is 16.5. The number of quaternary nitrogens is 2. The van der Waals surface area contributed by atoms with Gasteiger partial charge in [0, 0.05) is 13.2 Å². The van der Waals surface area contributed by atoms with Gasteiger partial charge in [0.25, 0.3) is 0 Å². The maximum atomic E-state index is 5.93. The number of ether oxygens (including phenoxy) is 2. The summed E-state index contributed by atoms with van der Waals surface area (Å²) in [6.07, 6.45) is 5.35. The highest BCUT2D eigenvalue weighted by molar-refractivity contribution is 4.89. The van der Waals surface area contributed by atoms with Gasteiger partial charge in [-0.2, -0.15) is 0 Å². The van der Waals surface area contributed by atoms with E-state index in [-0.39, 0.29) is 5.60 Å². The Morgan fingerprint density at radius 2 is 2.05 bits per heavy atom. The Morgan fingerprint density at radius 1 is 1.25 bits per heavy atom. The minimum atomic E-state index is 0.0331. The van der Waals surface area contributed by atoms with Gasteiger partial charge >= 0.3 is 0 Å². The van der Waals surface area contributed by atoms with E-state index in [9.17, 15) is 0 Å². The van der Waals surface area contributed by atoms with Crippen LogP contribution in [0.1, 0.15) is 39.5 Å². The van der Waals surface area contributed by atoms with Gasteiger partial charge in [0.05, 0.1) is 38.2 Å². The van der Waals surface area contributed by atoms with Crippen LogP contribution >= 0.6 is 0 Å². The minimum Gasteiger partial charge on any atom is -0.376 e. The Kier molecular flexibility index (Phi) is 5.46. The van der Waals surface area contributed by atoms with Gasteiger partial charge in [0.2, 0.25) is 0 Å². The van der Waals surface area contributed by atoms with E-state index in [0.717, 1.165) is 19.8 Å². The van der Waals surface area contributed by atoms with Crippen LogP contribution in [0.3, 0.4) is 0 Å². The van der Waals surface area contributed by atoms with Crippen LogP contribution in [0.5, 0.6) is 0 Å². The van der Waals surface area contributed by atoms with Gasteiger partial charge in [-0.3, -0.25) is 0 Å². The van der Waals surface area contributed by atoms with Crippen LogP contribution < -0.4 is 10.2 Å². The van der Waals surface area contributed by atoms with Crippen molar-refractivity contribution in [1.29, 1.82) is 0 Å². The maximum Gasteiger partial charge on any atom is 0.106 e. The Labute approximate surface area is 124 Å². The molecule has 0 spiro atoms. The van der Waals surface area contributed by atoms with Crippen molar-refractivity contribution < 1.29 is 19.7 Å². The fourth-order valence-corrected chi connectivity index (χ4v) is 4.14. The molecule has 0 saturated carbocycles. The number of hydrogen-bond donors (Lipinski definition) is 2. The topological polar surface area (TPSA) is 39.5 Å². The van der Waals surface area contributed by atoms with Crippen LogP contribution in [0.2, 0.25) is 0 Å². The van der Waals surface area contributed by atoms with Crippen LogP contribution in [-0.4, -0.2) is 58.6 Å². The second kappa shape index (κ2) is 6.73. The number of nitrogens with two attached hydrogens (primary N) is 1. The van der Waals surface area contributed by atoms with E-state index in [2.05, 4.69) is 33.3 Å². The summed E-state index contributed by atoms with van der Waals surface area (Å²) in [4.78, 5) is 1.55. The van der Waals surface area contributed by atoms with Crippen molar-refractivity contribution in [2.75, 3.05) is 46.9 Å². The molecule has 2 atom stereocenters. The monoisotopic (exact) mass is 286 g/mol. The van der Waals surface area contributed by atoms with Gasteiger partial charge in [-0.05, 0) is 39.5 Å². The van der Waals surface area contributed by atoms with Gasteiger partial charge in [-0.1, -0.05) is 0 Å². The molecule has 4 nitrogen and oxygen atoms in total. The standard InChI is InChI=1S/C16H32N2O2/c1-15(2)11-16(7-9-20-15,13-18(3)4)12-17-10-14-6-5-8-19-14/h14,17H,5-13H2,1-4H3/p+2/t14-,16+/m0/s1. The first-order valence-corrected chi connectivity index (χ1v) is 8.27. The molecule has 20 heavy (non-hydrogen) atoms. The number of rotatable bonds is 6. The lowest BCUT2D eigenvalue weighted by Crippen LogP contribution is -3.08. The largest absolute Gasteiger partial charge is 0.376 e. The van der Waals surface area contributed by atoms with E-state index in [1.165, 1.54) is 38.8 Å². The van der Waals surface area contributed by atoms with E-state index in [4.69, 9.17) is 9.47 Å². The fourth-order valence-electron chi connectivity index (χ4n) is 4.14. The number of nitrogens with one attached hydrogen (secondary N) is 1. The van der Waals surface area contributed by atoms with Gasteiger partial charge < -0.3 is 19.7 Å². The summed E-state index contributed by atoms with van der Waals surface area (Å²) < 4.78 is 11.7. The highest BCUT2D eigenvalue weighted by Crippen LogP contribution is 2.36. The van der Waals surface area contributed by atoms with Crippen molar-refractivity contribution in [3.8, 4) is 0 Å². The van der Waals surface area contributed by atoms with E-state index in [0.29, 0.717) is 11.5 Å². The second-order valence-corrected chi connectivity index (χ2v) is 7.78. The lowest BCUT2D eigenvalue weighted by atomic mass is 9.73. The molecule has 0 bridgehead atoms. The second-order valence-electron chi connectivity index (χ2n) is 7.78. The fraction of sp³-hybridized carbons (Fsp3) is 1.00. The van der Waals surface area contributed by atoms with Crippen LogP contribution in [0.25, 0.3) is 0 Å². The summed E-state index contributed by atoms with van der Waals surface area (Å²) in [6, 6.07) is 0. The highest BCUT2D eigenvalue weighted by Gasteiger charge is 2.44. The average molecular weight is 286 g/mol. The molecule has 0 aliphatic carbocycles. The predicted molar refractivity (Wildman–Crippen MR) is 80.0 cm³/mol. The molecule has 2 fully saturated rings. The Morgan fingerprint density at radius 3 is 2.65 bits per heavy atom. The molecule has 0 aromatic heterocycles. The summed E-state index contributed by atoms with van der Waals surface area (Å²) in [6.45, 7) is 9.94. The van der Waals surface area contributed by atoms with Crippen molar-refractivity contribution in [2.45, 2.75) is 51.2 Å². The van der Waals surface area contributed by atoms with Crippen molar-refractivity contribution in [3.05, 3.63) is 0 Å². The molecular weight excluding hydrogens is 252 g/mol. The zero-order valence-electron chi connectivity index (χ0n) is 13.8. The molecular formula is C16H34N2O2+2. The lowest BCUT2D eigenvalue weighted by molar-refractivity contribution is -0.870. The molecule has 4 heteroatoms. The molecule has 3 N–H and O–H groups in total. The number of hydrogen-bond acceptors (Lipinski definition) is 2. The summed E-state index contributed by atoms with van der Waals surface area (Å²) in [5.74, 6) is 0. The normalized spacial score (nSPS) is 33.8. The first-order valence-electron chi connectivity index (χ1n) is 8.27. The van der Waals surface area contributed by atoms with E-state index in [1.807, 2.05) is 0 Å². The van der Waals surface area contributed by atoms with Crippen LogP contribution in [-0.2, 0) is 9.47 Å². The van der Waals surface area contributed by atoms with E-state index in [1.54, 1.807) is 4.90 Å². The third-order valence-electron chi connectivity index (χ3n) is 4.69. The summed E-state index contributed by atoms with van der Waals surface area (Å²) in [7, 11) is 4.54. The van der Waals surface area contributed by atoms with Crippen LogP contribution in [0.15, 0.2) is 0 Å². The molecule has 2 rings (SSSR count). The quantitative estimate of drug-likeness (QED) is 0.688. The minimum absolute atomic E-state index is 0.0331. The Bertz CT molecular complexity index is 301. The molecule has 2 heterocycles. The molecule has 2 aliphatic rings. The molecule has 0 aromatic carbocycles. The molecule has 0 unspecified atom stereocenters. The zero-order valence-corrected chi connectivity index (χ0v) is 13.8. The molecule has 2 saturated heterocycles. The van der Waals surface area contributed by atoms with Crippen molar-refractivity contribution in [3.63, 3.8) is 0 Å². The zero-order chi connectivity index (χ0) is 14.6. The van der Waals surface area contributed by atoms with Gasteiger partial charge in [0.1, 0.15) is 12.6 Å². The maximum absolute atomic E-state index is 5.93. The van der Waals surface area contributed by atoms with E-state index >= 15 is 0 Å². The van der Waals surface area contributed by atoms with Crippen molar-refractivity contribution >= 4 is 0 Å². The van der Waals surface area contributed by atoms with Gasteiger partial charge in [-0.15, -0.1) is 0 Å². The lowest BCUT2D eigenvalue weighted by Gasteiger charge is -2.43. The van der Waals surface area contributed by atoms with Crippen LogP contribution in [0.4, 0.5) is 0 Å². The summed E-state index contributed by atoms with van der Waals surface area (Å²) in [5.41, 5.74) is 0.449. The smallest absolute Gasteiger partial charge is 0.106 e. The average Bonchev–Trinajstić information content (AvgIpc) is 2.79. The molecule has 0 radical (unpaired) electrons. The SMILES string of the molecule is C[NH+](C)C[C@]1(C[NH2+]C[C@@H]2CCCO2)CCOC(C)(C)C1. The third-order valence-corrected chi connectivity index (χ3v) is 4.69. The summed E-state index contributed by atoms with van der Waals surface area (Å²) in [5, 5.41) is 2.50. The van der Waals surface area contributed by atoms with Crippen molar-refractivity contribution in [1.82, 2.24) is 0 Å². The van der Waals surface area contributed by atoms with Gasteiger partial charge in [0.15, 0.2) is 0 Å². The summed E-state index contributed by atoms with van der Waals surface area (Å²) >= 11 is 0. The van der Waals surface area contributed by atoms with Crippen molar-refractivity contribution in [2.24, 2.45) is 5.41 Å². The predicted octanol–water partition coefficient (Wildman–Crippen LogP) is -0.551.